The van der Waals surface area contributed by atoms with Crippen LogP contribution in [0.3, 0.4) is 0 Å². The largest absolute Gasteiger partial charge is 0.484 e. The SMILES string of the molecule is O=C(COc1ccc(C(=O)c2ccc(Cl)cc2)cc1)NCCc1cccs1. The van der Waals surface area contributed by atoms with Crippen LogP contribution in [0.15, 0.2) is 66.0 Å². The fourth-order valence-electron chi connectivity index (χ4n) is 2.45. The first-order valence-electron chi connectivity index (χ1n) is 8.44. The second-order valence-corrected chi connectivity index (χ2v) is 7.30. The number of hydrogen-bond acceptors (Lipinski definition) is 4. The second kappa shape index (κ2) is 9.35. The normalized spacial score (nSPS) is 10.4. The number of ketones is 1. The predicted octanol–water partition coefficient (Wildman–Crippen LogP) is 4.37. The maximum Gasteiger partial charge on any atom is 0.257 e. The molecule has 0 saturated carbocycles. The number of ether oxygens (including phenoxy) is 1. The summed E-state index contributed by atoms with van der Waals surface area (Å²) in [6, 6.07) is 17.5. The van der Waals surface area contributed by atoms with Crippen LogP contribution in [0.5, 0.6) is 5.75 Å². The third-order valence-corrected chi connectivity index (χ3v) is 5.05. The van der Waals surface area contributed by atoms with Gasteiger partial charge in [0.2, 0.25) is 0 Å². The minimum absolute atomic E-state index is 0.0606. The van der Waals surface area contributed by atoms with Gasteiger partial charge in [0, 0.05) is 27.6 Å². The first-order valence-corrected chi connectivity index (χ1v) is 9.70. The Morgan fingerprint density at radius 3 is 2.26 bits per heavy atom. The van der Waals surface area contributed by atoms with E-state index in [0.29, 0.717) is 28.4 Å². The van der Waals surface area contributed by atoms with Gasteiger partial charge < -0.3 is 10.1 Å². The highest BCUT2D eigenvalue weighted by Crippen LogP contribution is 2.17. The van der Waals surface area contributed by atoms with Gasteiger partial charge in [-0.3, -0.25) is 9.59 Å². The molecule has 138 valence electrons. The lowest BCUT2D eigenvalue weighted by Crippen LogP contribution is -2.30. The van der Waals surface area contributed by atoms with Gasteiger partial charge in [-0.2, -0.15) is 0 Å². The fraction of sp³-hybridized carbons (Fsp3) is 0.143. The van der Waals surface area contributed by atoms with Crippen LogP contribution < -0.4 is 10.1 Å². The quantitative estimate of drug-likeness (QED) is 0.572. The molecule has 0 bridgehead atoms. The molecule has 2 aromatic carbocycles. The highest BCUT2D eigenvalue weighted by Gasteiger charge is 2.09. The van der Waals surface area contributed by atoms with E-state index in [1.165, 1.54) is 4.88 Å². The van der Waals surface area contributed by atoms with Crippen LogP contribution >= 0.6 is 22.9 Å². The van der Waals surface area contributed by atoms with Crippen molar-refractivity contribution < 1.29 is 14.3 Å². The van der Waals surface area contributed by atoms with Crippen molar-refractivity contribution in [1.29, 1.82) is 0 Å². The molecular weight excluding hydrogens is 382 g/mol. The van der Waals surface area contributed by atoms with Gasteiger partial charge in [0.25, 0.3) is 5.91 Å². The van der Waals surface area contributed by atoms with Gasteiger partial charge in [0.1, 0.15) is 5.75 Å². The Morgan fingerprint density at radius 2 is 1.63 bits per heavy atom. The molecule has 4 nitrogen and oxygen atoms in total. The molecule has 3 rings (SSSR count). The van der Waals surface area contributed by atoms with Crippen molar-refractivity contribution in [2.24, 2.45) is 0 Å². The topological polar surface area (TPSA) is 55.4 Å². The van der Waals surface area contributed by atoms with Crippen LogP contribution in [-0.4, -0.2) is 24.8 Å². The summed E-state index contributed by atoms with van der Waals surface area (Å²) < 4.78 is 5.47. The summed E-state index contributed by atoms with van der Waals surface area (Å²) in [5.74, 6) is 0.272. The van der Waals surface area contributed by atoms with Crippen LogP contribution in [-0.2, 0) is 11.2 Å². The van der Waals surface area contributed by atoms with Crippen LogP contribution in [0.25, 0.3) is 0 Å². The summed E-state index contributed by atoms with van der Waals surface area (Å²) in [6.07, 6.45) is 0.810. The number of nitrogens with one attached hydrogen (secondary N) is 1. The number of benzene rings is 2. The first-order chi connectivity index (χ1) is 13.1. The van der Waals surface area contributed by atoms with Crippen LogP contribution in [0, 0.1) is 0 Å². The Hall–Kier alpha value is -2.63. The third kappa shape index (κ3) is 5.67. The summed E-state index contributed by atoms with van der Waals surface area (Å²) in [4.78, 5) is 25.5. The van der Waals surface area contributed by atoms with Gasteiger partial charge in [-0.1, -0.05) is 17.7 Å². The Kier molecular flexibility index (Phi) is 6.63. The molecule has 1 amide bonds. The van der Waals surface area contributed by atoms with E-state index >= 15 is 0 Å². The van der Waals surface area contributed by atoms with E-state index in [1.54, 1.807) is 59.9 Å². The summed E-state index contributed by atoms with van der Waals surface area (Å²) >= 11 is 7.51. The van der Waals surface area contributed by atoms with E-state index < -0.39 is 0 Å². The molecule has 6 heteroatoms. The minimum atomic E-state index is -0.173. The molecule has 0 unspecified atom stereocenters. The molecule has 1 aromatic heterocycles. The van der Waals surface area contributed by atoms with Gasteiger partial charge in [-0.25, -0.2) is 0 Å². The van der Waals surface area contributed by atoms with E-state index in [9.17, 15) is 9.59 Å². The minimum Gasteiger partial charge on any atom is -0.484 e. The van der Waals surface area contributed by atoms with Crippen LogP contribution in [0.4, 0.5) is 0 Å². The number of thiophene rings is 1. The Bertz CT molecular complexity index is 890. The third-order valence-electron chi connectivity index (χ3n) is 3.87. The van der Waals surface area contributed by atoms with Crippen molar-refractivity contribution in [3.63, 3.8) is 0 Å². The van der Waals surface area contributed by atoms with E-state index in [0.717, 1.165) is 6.42 Å². The average Bonchev–Trinajstić information content (AvgIpc) is 3.20. The summed E-state index contributed by atoms with van der Waals surface area (Å²) in [7, 11) is 0. The Morgan fingerprint density at radius 1 is 0.963 bits per heavy atom. The average molecular weight is 400 g/mol. The van der Waals surface area contributed by atoms with Gasteiger partial charge in [-0.15, -0.1) is 11.3 Å². The van der Waals surface area contributed by atoms with Crippen molar-refractivity contribution in [1.82, 2.24) is 5.32 Å². The molecule has 0 fully saturated rings. The number of rotatable bonds is 8. The van der Waals surface area contributed by atoms with Crippen molar-refractivity contribution in [2.75, 3.05) is 13.2 Å². The smallest absolute Gasteiger partial charge is 0.257 e. The van der Waals surface area contributed by atoms with E-state index in [4.69, 9.17) is 16.3 Å². The lowest BCUT2D eigenvalue weighted by atomic mass is 10.0. The number of carbonyl (C=O) groups is 2. The molecule has 0 aliphatic heterocycles. The molecule has 27 heavy (non-hydrogen) atoms. The zero-order valence-electron chi connectivity index (χ0n) is 14.5. The summed E-state index contributed by atoms with van der Waals surface area (Å²) in [5.41, 5.74) is 1.11. The number of amides is 1. The maximum atomic E-state index is 12.4. The number of halogens is 1. The lowest BCUT2D eigenvalue weighted by molar-refractivity contribution is -0.123. The van der Waals surface area contributed by atoms with Crippen molar-refractivity contribution in [3.8, 4) is 5.75 Å². The van der Waals surface area contributed by atoms with Crippen molar-refractivity contribution >= 4 is 34.6 Å². The predicted molar refractivity (Wildman–Crippen MR) is 108 cm³/mol. The fourth-order valence-corrected chi connectivity index (χ4v) is 3.29. The van der Waals surface area contributed by atoms with E-state index in [1.807, 2.05) is 17.5 Å². The molecular formula is C21H18ClNO3S. The highest BCUT2D eigenvalue weighted by atomic mass is 35.5. The summed E-state index contributed by atoms with van der Waals surface area (Å²) in [6.45, 7) is 0.520. The molecule has 1 heterocycles. The number of carbonyl (C=O) groups excluding carboxylic acids is 2. The Balaban J connectivity index is 1.46. The van der Waals surface area contributed by atoms with Gasteiger partial charge in [0.05, 0.1) is 0 Å². The number of hydrogen-bond donors (Lipinski definition) is 1. The Labute approximate surface area is 166 Å². The monoisotopic (exact) mass is 399 g/mol. The molecule has 1 N–H and O–H groups in total. The molecule has 0 saturated heterocycles. The molecule has 0 spiro atoms. The van der Waals surface area contributed by atoms with Crippen LogP contribution in [0.1, 0.15) is 20.8 Å². The van der Waals surface area contributed by atoms with E-state index in [-0.39, 0.29) is 18.3 Å². The maximum absolute atomic E-state index is 12.4. The second-order valence-electron chi connectivity index (χ2n) is 5.83. The van der Waals surface area contributed by atoms with Gasteiger partial charge in [-0.05, 0) is 66.4 Å². The summed E-state index contributed by atoms with van der Waals surface area (Å²) in [5, 5.41) is 5.43. The van der Waals surface area contributed by atoms with E-state index in [2.05, 4.69) is 5.32 Å². The molecule has 0 atom stereocenters. The molecule has 0 aliphatic rings. The molecule has 3 aromatic rings. The van der Waals surface area contributed by atoms with Crippen molar-refractivity contribution in [3.05, 3.63) is 87.1 Å². The van der Waals surface area contributed by atoms with Gasteiger partial charge >= 0.3 is 0 Å². The molecule has 0 aliphatic carbocycles. The van der Waals surface area contributed by atoms with Gasteiger partial charge in [0.15, 0.2) is 12.4 Å². The lowest BCUT2D eigenvalue weighted by Gasteiger charge is -2.08. The zero-order chi connectivity index (χ0) is 19.1. The first kappa shape index (κ1) is 19.1. The van der Waals surface area contributed by atoms with Crippen molar-refractivity contribution in [2.45, 2.75) is 6.42 Å². The zero-order valence-corrected chi connectivity index (χ0v) is 16.1. The highest BCUT2D eigenvalue weighted by molar-refractivity contribution is 7.09. The standard InChI is InChI=1S/C21H18ClNO3S/c22-17-7-3-15(4-8-17)21(25)16-5-9-18(10-6-16)26-14-20(24)23-12-11-19-2-1-13-27-19/h1-10,13H,11-12,14H2,(H,23,24). The molecule has 0 radical (unpaired) electrons. The van der Waals surface area contributed by atoms with Crippen LogP contribution in [0.2, 0.25) is 5.02 Å².